The van der Waals surface area contributed by atoms with Crippen LogP contribution in [0.1, 0.15) is 27.4 Å². The van der Waals surface area contributed by atoms with Crippen LogP contribution in [-0.2, 0) is 13.1 Å². The largest absolute Gasteiger partial charge is 0.464 e. The number of rotatable bonds is 5. The van der Waals surface area contributed by atoms with Crippen LogP contribution in [-0.4, -0.2) is 10.8 Å². The van der Waals surface area contributed by atoms with E-state index in [2.05, 4.69) is 15.9 Å². The lowest BCUT2D eigenvalue weighted by molar-refractivity contribution is 0.0717. The molecule has 1 amide bonds. The lowest BCUT2D eigenvalue weighted by Crippen LogP contribution is -2.30. The predicted molar refractivity (Wildman–Crippen MR) is 97.6 cm³/mol. The Hall–Kier alpha value is -2.33. The minimum absolute atomic E-state index is 0.0193. The average molecular weight is 384 g/mol. The third-order valence-electron chi connectivity index (χ3n) is 3.72. The Kier molecular flexibility index (Phi) is 5.16. The average Bonchev–Trinajstić information content (AvgIpc) is 2.99. The van der Waals surface area contributed by atoms with Gasteiger partial charge in [-0.25, -0.2) is 0 Å². The molecule has 3 nitrogen and oxygen atoms in total. The highest BCUT2D eigenvalue weighted by atomic mass is 79.9. The molecule has 2 aromatic carbocycles. The number of carbonyl (C=O) groups excluding carboxylic acids is 1. The molecule has 0 unspecified atom stereocenters. The zero-order valence-corrected chi connectivity index (χ0v) is 15.0. The first kappa shape index (κ1) is 16.5. The highest BCUT2D eigenvalue weighted by Gasteiger charge is 2.18. The van der Waals surface area contributed by atoms with E-state index in [1.54, 1.807) is 4.90 Å². The van der Waals surface area contributed by atoms with Crippen molar-refractivity contribution in [3.05, 3.63) is 93.9 Å². The van der Waals surface area contributed by atoms with Gasteiger partial charge in [0.1, 0.15) is 11.5 Å². The van der Waals surface area contributed by atoms with Crippen LogP contribution in [0.5, 0.6) is 0 Å². The van der Waals surface area contributed by atoms with Gasteiger partial charge in [-0.3, -0.25) is 4.79 Å². The topological polar surface area (TPSA) is 33.5 Å². The lowest BCUT2D eigenvalue weighted by Gasteiger charge is -2.22. The second-order valence-corrected chi connectivity index (χ2v) is 6.59. The Labute approximate surface area is 150 Å². The number of carbonyl (C=O) groups is 1. The first-order valence-corrected chi connectivity index (χ1v) is 8.55. The van der Waals surface area contributed by atoms with Crippen molar-refractivity contribution in [1.82, 2.24) is 4.90 Å². The highest BCUT2D eigenvalue weighted by molar-refractivity contribution is 9.10. The molecule has 1 heterocycles. The van der Waals surface area contributed by atoms with Gasteiger partial charge in [-0.05, 0) is 42.8 Å². The lowest BCUT2D eigenvalue weighted by atomic mass is 10.1. The van der Waals surface area contributed by atoms with E-state index in [9.17, 15) is 4.79 Å². The van der Waals surface area contributed by atoms with Crippen molar-refractivity contribution in [3.63, 3.8) is 0 Å². The van der Waals surface area contributed by atoms with E-state index in [0.29, 0.717) is 18.7 Å². The summed E-state index contributed by atoms with van der Waals surface area (Å²) in [6, 6.07) is 21.3. The normalized spacial score (nSPS) is 10.6. The maximum Gasteiger partial charge on any atom is 0.254 e. The molecule has 0 saturated carbocycles. The number of hydrogen-bond donors (Lipinski definition) is 0. The van der Waals surface area contributed by atoms with Crippen molar-refractivity contribution in [1.29, 1.82) is 0 Å². The molecular weight excluding hydrogens is 366 g/mol. The number of halogens is 1. The monoisotopic (exact) mass is 383 g/mol. The molecule has 0 bridgehead atoms. The molecular formula is C20H18BrNO2. The van der Waals surface area contributed by atoms with Crippen LogP contribution < -0.4 is 0 Å². The minimum atomic E-state index is -0.0193. The fourth-order valence-electron chi connectivity index (χ4n) is 2.57. The van der Waals surface area contributed by atoms with Gasteiger partial charge in [-0.15, -0.1) is 0 Å². The van der Waals surface area contributed by atoms with Crippen LogP contribution in [0.25, 0.3) is 0 Å². The van der Waals surface area contributed by atoms with E-state index >= 15 is 0 Å². The van der Waals surface area contributed by atoms with E-state index in [1.165, 1.54) is 0 Å². The summed E-state index contributed by atoms with van der Waals surface area (Å²) in [6.45, 7) is 2.88. The standard InChI is InChI=1S/C20H18BrNO2/c1-15-10-11-19(24-15)14-22(13-16-6-3-2-4-7-16)20(23)17-8-5-9-18(21)12-17/h2-12H,13-14H2,1H3. The number of nitrogens with zero attached hydrogens (tertiary/aromatic N) is 1. The zero-order chi connectivity index (χ0) is 16.9. The van der Waals surface area contributed by atoms with Crippen molar-refractivity contribution >= 4 is 21.8 Å². The van der Waals surface area contributed by atoms with E-state index < -0.39 is 0 Å². The summed E-state index contributed by atoms with van der Waals surface area (Å²) in [6.07, 6.45) is 0. The number of amides is 1. The van der Waals surface area contributed by atoms with Crippen molar-refractivity contribution in [2.24, 2.45) is 0 Å². The molecule has 0 aliphatic rings. The third kappa shape index (κ3) is 4.15. The summed E-state index contributed by atoms with van der Waals surface area (Å²) in [4.78, 5) is 14.8. The fraction of sp³-hybridized carbons (Fsp3) is 0.150. The van der Waals surface area contributed by atoms with E-state index in [-0.39, 0.29) is 5.91 Å². The summed E-state index contributed by atoms with van der Waals surface area (Å²) in [5, 5.41) is 0. The quantitative estimate of drug-likeness (QED) is 0.606. The van der Waals surface area contributed by atoms with Crippen LogP contribution in [0.3, 0.4) is 0 Å². The van der Waals surface area contributed by atoms with Gasteiger partial charge >= 0.3 is 0 Å². The van der Waals surface area contributed by atoms with Crippen LogP contribution in [0.15, 0.2) is 75.6 Å². The molecule has 0 fully saturated rings. The van der Waals surface area contributed by atoms with Crippen LogP contribution in [0, 0.1) is 6.92 Å². The molecule has 0 saturated heterocycles. The Morgan fingerprint density at radius 2 is 1.79 bits per heavy atom. The molecule has 3 rings (SSSR count). The maximum atomic E-state index is 13.0. The van der Waals surface area contributed by atoms with Gasteiger partial charge in [0, 0.05) is 16.6 Å². The van der Waals surface area contributed by atoms with E-state index in [1.807, 2.05) is 73.7 Å². The second-order valence-electron chi connectivity index (χ2n) is 5.67. The van der Waals surface area contributed by atoms with Crippen LogP contribution in [0.4, 0.5) is 0 Å². The predicted octanol–water partition coefficient (Wildman–Crippen LogP) is 5.19. The van der Waals surface area contributed by atoms with Gasteiger partial charge in [0.2, 0.25) is 0 Å². The third-order valence-corrected chi connectivity index (χ3v) is 4.21. The molecule has 0 N–H and O–H groups in total. The van der Waals surface area contributed by atoms with Gasteiger partial charge in [0.15, 0.2) is 0 Å². The van der Waals surface area contributed by atoms with Gasteiger partial charge in [0.25, 0.3) is 5.91 Å². The van der Waals surface area contributed by atoms with Gasteiger partial charge < -0.3 is 9.32 Å². The molecule has 0 atom stereocenters. The van der Waals surface area contributed by atoms with E-state index in [4.69, 9.17) is 4.42 Å². The fourth-order valence-corrected chi connectivity index (χ4v) is 2.96. The molecule has 3 aromatic rings. The summed E-state index contributed by atoms with van der Waals surface area (Å²) in [5.74, 6) is 1.61. The minimum Gasteiger partial charge on any atom is -0.464 e. The maximum absolute atomic E-state index is 13.0. The van der Waals surface area contributed by atoms with Crippen molar-refractivity contribution < 1.29 is 9.21 Å². The summed E-state index contributed by atoms with van der Waals surface area (Å²) >= 11 is 3.43. The first-order valence-electron chi connectivity index (χ1n) is 7.76. The molecule has 0 radical (unpaired) electrons. The second kappa shape index (κ2) is 7.49. The Morgan fingerprint density at radius 1 is 1.00 bits per heavy atom. The number of benzene rings is 2. The van der Waals surface area contributed by atoms with Gasteiger partial charge in [-0.2, -0.15) is 0 Å². The Balaban J connectivity index is 1.87. The SMILES string of the molecule is Cc1ccc(CN(Cc2ccccc2)C(=O)c2cccc(Br)c2)o1. The molecule has 1 aromatic heterocycles. The van der Waals surface area contributed by atoms with Gasteiger partial charge in [-0.1, -0.05) is 52.3 Å². The number of furan rings is 1. The van der Waals surface area contributed by atoms with Crippen molar-refractivity contribution in [2.75, 3.05) is 0 Å². The summed E-state index contributed by atoms with van der Waals surface area (Å²) in [7, 11) is 0. The Bertz CT molecular complexity index is 826. The summed E-state index contributed by atoms with van der Waals surface area (Å²) in [5.41, 5.74) is 1.74. The highest BCUT2D eigenvalue weighted by Crippen LogP contribution is 2.18. The summed E-state index contributed by atoms with van der Waals surface area (Å²) < 4.78 is 6.55. The van der Waals surface area contributed by atoms with Crippen LogP contribution >= 0.6 is 15.9 Å². The first-order chi connectivity index (χ1) is 11.6. The zero-order valence-electron chi connectivity index (χ0n) is 13.4. The molecule has 24 heavy (non-hydrogen) atoms. The van der Waals surface area contributed by atoms with Gasteiger partial charge in [0.05, 0.1) is 6.54 Å². The number of hydrogen-bond acceptors (Lipinski definition) is 2. The Morgan fingerprint density at radius 3 is 2.46 bits per heavy atom. The molecule has 0 aliphatic heterocycles. The smallest absolute Gasteiger partial charge is 0.254 e. The van der Waals surface area contributed by atoms with Crippen molar-refractivity contribution in [2.45, 2.75) is 20.0 Å². The molecule has 0 aliphatic carbocycles. The van der Waals surface area contributed by atoms with Crippen molar-refractivity contribution in [3.8, 4) is 0 Å². The molecule has 122 valence electrons. The number of aryl methyl sites for hydroxylation is 1. The molecule has 0 spiro atoms. The van der Waals surface area contributed by atoms with Crippen LogP contribution in [0.2, 0.25) is 0 Å². The molecule has 4 heteroatoms. The van der Waals surface area contributed by atoms with E-state index in [0.717, 1.165) is 21.6 Å².